The van der Waals surface area contributed by atoms with E-state index in [1.807, 2.05) is 48.2 Å². The number of anilines is 1. The first-order valence-corrected chi connectivity index (χ1v) is 12.3. The Morgan fingerprint density at radius 1 is 0.909 bits per heavy atom. The number of aromatic nitrogens is 2. The minimum Gasteiger partial charge on any atom is -0.462 e. The second-order valence-electron chi connectivity index (χ2n) is 7.78. The Labute approximate surface area is 193 Å². The molecule has 0 saturated carbocycles. The van der Waals surface area contributed by atoms with Gasteiger partial charge in [0, 0.05) is 31.7 Å². The van der Waals surface area contributed by atoms with Gasteiger partial charge in [0.05, 0.1) is 22.8 Å². The summed E-state index contributed by atoms with van der Waals surface area (Å²) in [5.41, 5.74) is 3.31. The highest BCUT2D eigenvalue weighted by atomic mass is 32.2. The average Bonchev–Trinajstić information content (AvgIpc) is 2.85. The van der Waals surface area contributed by atoms with Crippen molar-refractivity contribution in [2.75, 3.05) is 37.7 Å². The zero-order valence-electron chi connectivity index (χ0n) is 18.6. The number of hydrogen-bond donors (Lipinski definition) is 0. The van der Waals surface area contributed by atoms with Gasteiger partial charge in [-0.25, -0.2) is 13.2 Å². The fraction of sp³-hybridized carbons (Fsp3) is 0.292. The number of benzene rings is 2. The van der Waals surface area contributed by atoms with E-state index in [0.29, 0.717) is 31.7 Å². The summed E-state index contributed by atoms with van der Waals surface area (Å²) >= 11 is 0. The third-order valence-corrected chi connectivity index (χ3v) is 7.48. The highest BCUT2D eigenvalue weighted by Gasteiger charge is 2.29. The molecule has 2 aromatic carbocycles. The summed E-state index contributed by atoms with van der Waals surface area (Å²) in [5.74, 6) is 0.256. The van der Waals surface area contributed by atoms with Gasteiger partial charge in [-0.1, -0.05) is 29.8 Å². The van der Waals surface area contributed by atoms with Gasteiger partial charge in [-0.05, 0) is 50.2 Å². The molecule has 0 amide bonds. The van der Waals surface area contributed by atoms with Gasteiger partial charge in [0.1, 0.15) is 0 Å². The first kappa shape index (κ1) is 22.9. The summed E-state index contributed by atoms with van der Waals surface area (Å²) in [5, 5.41) is 8.70. The normalized spacial score (nSPS) is 14.8. The van der Waals surface area contributed by atoms with Gasteiger partial charge < -0.3 is 9.64 Å². The second kappa shape index (κ2) is 9.68. The van der Waals surface area contributed by atoms with Crippen LogP contribution < -0.4 is 4.90 Å². The molecule has 2 heterocycles. The van der Waals surface area contributed by atoms with Crippen molar-refractivity contribution in [1.29, 1.82) is 0 Å². The van der Waals surface area contributed by atoms with Crippen LogP contribution in [-0.4, -0.2) is 61.7 Å². The Morgan fingerprint density at radius 2 is 1.58 bits per heavy atom. The molecule has 0 unspecified atom stereocenters. The molecule has 0 atom stereocenters. The van der Waals surface area contributed by atoms with Crippen LogP contribution in [0, 0.1) is 6.92 Å². The number of hydrogen-bond acceptors (Lipinski definition) is 7. The van der Waals surface area contributed by atoms with E-state index in [9.17, 15) is 13.2 Å². The molecule has 0 radical (unpaired) electrons. The summed E-state index contributed by atoms with van der Waals surface area (Å²) in [4.78, 5) is 14.0. The molecule has 9 heteroatoms. The smallest absolute Gasteiger partial charge is 0.338 e. The van der Waals surface area contributed by atoms with Crippen LogP contribution in [0.2, 0.25) is 0 Å². The molecule has 0 spiro atoms. The Bertz CT molecular complexity index is 1200. The van der Waals surface area contributed by atoms with Crippen LogP contribution in [0.5, 0.6) is 0 Å². The van der Waals surface area contributed by atoms with E-state index >= 15 is 0 Å². The number of sulfonamides is 1. The van der Waals surface area contributed by atoms with Crippen LogP contribution in [0.1, 0.15) is 22.8 Å². The van der Waals surface area contributed by atoms with Crippen molar-refractivity contribution < 1.29 is 17.9 Å². The lowest BCUT2D eigenvalue weighted by molar-refractivity contribution is 0.0526. The van der Waals surface area contributed by atoms with Crippen molar-refractivity contribution in [3.8, 4) is 11.3 Å². The Balaban J connectivity index is 1.39. The summed E-state index contributed by atoms with van der Waals surface area (Å²) < 4.78 is 32.5. The number of piperazine rings is 1. The number of carbonyl (C=O) groups excluding carboxylic acids is 1. The number of ether oxygens (including phenoxy) is 1. The van der Waals surface area contributed by atoms with E-state index < -0.39 is 16.0 Å². The largest absolute Gasteiger partial charge is 0.462 e. The Morgan fingerprint density at radius 3 is 2.15 bits per heavy atom. The number of carbonyl (C=O) groups is 1. The minimum absolute atomic E-state index is 0.159. The van der Waals surface area contributed by atoms with Crippen molar-refractivity contribution >= 4 is 21.8 Å². The zero-order valence-corrected chi connectivity index (χ0v) is 19.5. The van der Waals surface area contributed by atoms with Crippen molar-refractivity contribution in [3.63, 3.8) is 0 Å². The molecule has 1 aromatic heterocycles. The molecular formula is C24H26N4O4S. The van der Waals surface area contributed by atoms with Gasteiger partial charge in [0.2, 0.25) is 10.0 Å². The number of rotatable bonds is 6. The maximum Gasteiger partial charge on any atom is 0.338 e. The van der Waals surface area contributed by atoms with Gasteiger partial charge in [-0.2, -0.15) is 4.31 Å². The lowest BCUT2D eigenvalue weighted by Gasteiger charge is -2.34. The van der Waals surface area contributed by atoms with Gasteiger partial charge in [-0.3, -0.25) is 0 Å². The topological polar surface area (TPSA) is 92.7 Å². The summed E-state index contributed by atoms with van der Waals surface area (Å²) in [6.07, 6.45) is 0. The first-order valence-electron chi connectivity index (χ1n) is 10.8. The number of aryl methyl sites for hydroxylation is 1. The van der Waals surface area contributed by atoms with E-state index in [0.717, 1.165) is 17.1 Å². The maximum absolute atomic E-state index is 13.0. The minimum atomic E-state index is -3.65. The number of nitrogens with zero attached hydrogens (tertiary/aromatic N) is 4. The van der Waals surface area contributed by atoms with E-state index in [1.165, 1.54) is 34.1 Å². The average molecular weight is 467 g/mol. The van der Waals surface area contributed by atoms with Crippen LogP contribution in [0.25, 0.3) is 11.3 Å². The standard InChI is InChI=1S/C24H26N4O4S/c1-3-32-24(29)20-8-10-21(11-9-20)33(30,31)28-16-14-27(15-17-28)23-13-12-22(25-26-23)19-6-4-18(2)5-7-19/h4-13H,3,14-17H2,1-2H3. The van der Waals surface area contributed by atoms with E-state index in [-0.39, 0.29) is 11.5 Å². The molecule has 0 aliphatic carbocycles. The Hall–Kier alpha value is -3.30. The molecule has 4 rings (SSSR count). The number of esters is 1. The molecule has 0 bridgehead atoms. The maximum atomic E-state index is 13.0. The second-order valence-corrected chi connectivity index (χ2v) is 9.72. The third kappa shape index (κ3) is 5.04. The van der Waals surface area contributed by atoms with Gasteiger partial charge in [-0.15, -0.1) is 10.2 Å². The molecule has 1 fully saturated rings. The van der Waals surface area contributed by atoms with E-state index in [4.69, 9.17) is 4.74 Å². The molecule has 1 aliphatic rings. The van der Waals surface area contributed by atoms with Crippen LogP contribution in [0.15, 0.2) is 65.6 Å². The summed E-state index contributed by atoms with van der Waals surface area (Å²) in [6, 6.07) is 17.8. The molecule has 1 saturated heterocycles. The fourth-order valence-electron chi connectivity index (χ4n) is 3.66. The van der Waals surface area contributed by atoms with Gasteiger partial charge >= 0.3 is 5.97 Å². The fourth-order valence-corrected chi connectivity index (χ4v) is 5.08. The Kier molecular flexibility index (Phi) is 6.71. The first-order chi connectivity index (χ1) is 15.9. The molecule has 172 valence electrons. The van der Waals surface area contributed by atoms with Crippen LogP contribution in [0.4, 0.5) is 5.82 Å². The predicted molar refractivity (Wildman–Crippen MR) is 126 cm³/mol. The predicted octanol–water partition coefficient (Wildman–Crippen LogP) is 3.14. The molecule has 3 aromatic rings. The lowest BCUT2D eigenvalue weighted by Crippen LogP contribution is -2.49. The van der Waals surface area contributed by atoms with Crippen molar-refractivity contribution in [2.45, 2.75) is 18.7 Å². The van der Waals surface area contributed by atoms with Crippen molar-refractivity contribution in [3.05, 3.63) is 71.8 Å². The summed E-state index contributed by atoms with van der Waals surface area (Å²) in [6.45, 7) is 5.73. The molecular weight excluding hydrogens is 440 g/mol. The van der Waals surface area contributed by atoms with Crippen LogP contribution in [0.3, 0.4) is 0 Å². The van der Waals surface area contributed by atoms with Crippen molar-refractivity contribution in [1.82, 2.24) is 14.5 Å². The molecule has 33 heavy (non-hydrogen) atoms. The van der Waals surface area contributed by atoms with Crippen LogP contribution in [-0.2, 0) is 14.8 Å². The molecule has 0 N–H and O–H groups in total. The van der Waals surface area contributed by atoms with Crippen LogP contribution >= 0.6 is 0 Å². The van der Waals surface area contributed by atoms with E-state index in [2.05, 4.69) is 10.2 Å². The molecule has 1 aliphatic heterocycles. The highest BCUT2D eigenvalue weighted by molar-refractivity contribution is 7.89. The third-order valence-electron chi connectivity index (χ3n) is 5.56. The monoisotopic (exact) mass is 466 g/mol. The zero-order chi connectivity index (χ0) is 23.4. The SMILES string of the molecule is CCOC(=O)c1ccc(S(=O)(=O)N2CCN(c3ccc(-c4ccc(C)cc4)nn3)CC2)cc1. The van der Waals surface area contributed by atoms with Crippen molar-refractivity contribution in [2.24, 2.45) is 0 Å². The molecule has 8 nitrogen and oxygen atoms in total. The van der Waals surface area contributed by atoms with E-state index in [1.54, 1.807) is 6.92 Å². The lowest BCUT2D eigenvalue weighted by atomic mass is 10.1. The highest BCUT2D eigenvalue weighted by Crippen LogP contribution is 2.22. The summed E-state index contributed by atoms with van der Waals surface area (Å²) in [7, 11) is -3.65. The van der Waals surface area contributed by atoms with Gasteiger partial charge in [0.15, 0.2) is 5.82 Å². The quantitative estimate of drug-likeness (QED) is 0.515. The van der Waals surface area contributed by atoms with Gasteiger partial charge in [0.25, 0.3) is 0 Å².